The molecule has 2 N–H and O–H groups in total. The van der Waals surface area contributed by atoms with Crippen LogP contribution < -0.4 is 10.6 Å². The van der Waals surface area contributed by atoms with E-state index in [-0.39, 0.29) is 0 Å². The summed E-state index contributed by atoms with van der Waals surface area (Å²) in [5, 5.41) is 14.7. The Morgan fingerprint density at radius 2 is 2.36 bits per heavy atom. The van der Waals surface area contributed by atoms with E-state index in [9.17, 15) is 0 Å². The van der Waals surface area contributed by atoms with E-state index in [1.54, 1.807) is 0 Å². The van der Waals surface area contributed by atoms with Gasteiger partial charge in [0.05, 0.1) is 0 Å². The molecule has 1 aromatic heterocycles. The lowest BCUT2D eigenvalue weighted by Crippen LogP contribution is -2.29. The van der Waals surface area contributed by atoms with E-state index in [0.29, 0.717) is 5.92 Å². The van der Waals surface area contributed by atoms with Crippen LogP contribution in [-0.2, 0) is 7.05 Å². The molecule has 0 amide bonds. The van der Waals surface area contributed by atoms with E-state index in [4.69, 9.17) is 0 Å². The molecule has 1 saturated heterocycles. The van der Waals surface area contributed by atoms with Crippen molar-refractivity contribution in [3.8, 4) is 0 Å². The first-order valence-corrected chi connectivity index (χ1v) is 5.10. The van der Waals surface area contributed by atoms with Gasteiger partial charge in [-0.25, -0.2) is 0 Å². The Balaban J connectivity index is 2.18. The fourth-order valence-electron chi connectivity index (χ4n) is 1.99. The van der Waals surface area contributed by atoms with E-state index in [2.05, 4.69) is 20.8 Å². The van der Waals surface area contributed by atoms with Crippen molar-refractivity contribution in [2.75, 3.05) is 25.5 Å². The molecule has 1 aliphatic rings. The highest BCUT2D eigenvalue weighted by molar-refractivity contribution is 5.25. The van der Waals surface area contributed by atoms with Crippen LogP contribution >= 0.6 is 0 Å². The van der Waals surface area contributed by atoms with Gasteiger partial charge >= 0.3 is 0 Å². The molecule has 0 saturated carbocycles. The van der Waals surface area contributed by atoms with E-state index in [1.165, 1.54) is 12.8 Å². The normalized spacial score (nSPS) is 22.3. The fraction of sp³-hybridized carbons (Fsp3) is 0.778. The maximum absolute atomic E-state index is 4.22. The lowest BCUT2D eigenvalue weighted by molar-refractivity contribution is 0.438. The van der Waals surface area contributed by atoms with Crippen LogP contribution in [0.2, 0.25) is 0 Å². The van der Waals surface area contributed by atoms with Crippen LogP contribution in [0.4, 0.5) is 5.95 Å². The van der Waals surface area contributed by atoms with Crippen LogP contribution in [0.1, 0.15) is 24.6 Å². The van der Waals surface area contributed by atoms with E-state index in [0.717, 1.165) is 24.9 Å². The molecular formula is C9H17N5. The standard InChI is InChI=1S/C9H17N5/c1-10-9-13-12-8(14(9)2)7-4-3-5-11-6-7/h7,11H,3-6H2,1-2H3,(H,10,13). The summed E-state index contributed by atoms with van der Waals surface area (Å²) < 4.78 is 2.04. The number of aromatic nitrogens is 3. The Labute approximate surface area is 83.9 Å². The summed E-state index contributed by atoms with van der Waals surface area (Å²) in [5.41, 5.74) is 0. The average Bonchev–Trinajstić information content (AvgIpc) is 2.61. The largest absolute Gasteiger partial charge is 0.357 e. The van der Waals surface area contributed by atoms with Crippen molar-refractivity contribution < 1.29 is 0 Å². The third kappa shape index (κ3) is 1.59. The quantitative estimate of drug-likeness (QED) is 0.714. The minimum absolute atomic E-state index is 0.517. The first-order valence-electron chi connectivity index (χ1n) is 5.10. The second-order valence-electron chi connectivity index (χ2n) is 3.73. The fourth-order valence-corrected chi connectivity index (χ4v) is 1.99. The smallest absolute Gasteiger partial charge is 0.224 e. The van der Waals surface area contributed by atoms with Crippen molar-refractivity contribution in [1.29, 1.82) is 0 Å². The zero-order valence-electron chi connectivity index (χ0n) is 8.75. The van der Waals surface area contributed by atoms with Crippen molar-refractivity contribution >= 4 is 5.95 Å². The van der Waals surface area contributed by atoms with Crippen LogP contribution in [0.25, 0.3) is 0 Å². The van der Waals surface area contributed by atoms with Gasteiger partial charge in [-0.2, -0.15) is 0 Å². The van der Waals surface area contributed by atoms with E-state index < -0.39 is 0 Å². The summed E-state index contributed by atoms with van der Waals surface area (Å²) >= 11 is 0. The van der Waals surface area contributed by atoms with Gasteiger partial charge in [-0.1, -0.05) is 0 Å². The van der Waals surface area contributed by atoms with Crippen molar-refractivity contribution in [3.63, 3.8) is 0 Å². The topological polar surface area (TPSA) is 54.8 Å². The Morgan fingerprint density at radius 1 is 1.50 bits per heavy atom. The van der Waals surface area contributed by atoms with Gasteiger partial charge in [0.25, 0.3) is 0 Å². The van der Waals surface area contributed by atoms with Gasteiger partial charge in [-0.3, -0.25) is 0 Å². The van der Waals surface area contributed by atoms with Crippen molar-refractivity contribution in [1.82, 2.24) is 20.1 Å². The molecule has 1 aliphatic heterocycles. The Hall–Kier alpha value is -1.10. The van der Waals surface area contributed by atoms with Crippen LogP contribution in [0.15, 0.2) is 0 Å². The Kier molecular flexibility index (Phi) is 2.67. The van der Waals surface area contributed by atoms with E-state index >= 15 is 0 Å². The van der Waals surface area contributed by atoms with Gasteiger partial charge in [0, 0.05) is 26.6 Å². The molecule has 1 unspecified atom stereocenters. The van der Waals surface area contributed by atoms with Gasteiger partial charge < -0.3 is 15.2 Å². The zero-order chi connectivity index (χ0) is 9.97. The van der Waals surface area contributed by atoms with Crippen LogP contribution in [0.5, 0.6) is 0 Å². The van der Waals surface area contributed by atoms with Gasteiger partial charge in [0.15, 0.2) is 0 Å². The van der Waals surface area contributed by atoms with Crippen LogP contribution in [-0.4, -0.2) is 34.9 Å². The predicted octanol–water partition coefficient (Wildman–Crippen LogP) is 0.324. The minimum Gasteiger partial charge on any atom is -0.357 e. The number of nitrogens with one attached hydrogen (secondary N) is 2. The van der Waals surface area contributed by atoms with Crippen molar-refractivity contribution in [3.05, 3.63) is 5.82 Å². The van der Waals surface area contributed by atoms with E-state index in [1.807, 2.05) is 18.7 Å². The molecule has 2 rings (SSSR count). The maximum atomic E-state index is 4.22. The highest BCUT2D eigenvalue weighted by Crippen LogP contribution is 2.22. The Bertz CT molecular complexity index is 300. The molecular weight excluding hydrogens is 178 g/mol. The molecule has 1 atom stereocenters. The molecule has 0 bridgehead atoms. The molecule has 2 heterocycles. The molecule has 5 heteroatoms. The summed E-state index contributed by atoms with van der Waals surface area (Å²) in [6.45, 7) is 2.16. The van der Waals surface area contributed by atoms with Gasteiger partial charge in [-0.05, 0) is 19.4 Å². The number of nitrogens with zero attached hydrogens (tertiary/aromatic N) is 3. The minimum atomic E-state index is 0.517. The molecule has 1 aromatic rings. The summed E-state index contributed by atoms with van der Waals surface area (Å²) in [6, 6.07) is 0. The number of hydrogen-bond donors (Lipinski definition) is 2. The SMILES string of the molecule is CNc1nnc(C2CCCNC2)n1C. The van der Waals surface area contributed by atoms with Gasteiger partial charge in [0.1, 0.15) is 5.82 Å². The molecule has 5 nitrogen and oxygen atoms in total. The third-order valence-electron chi connectivity index (χ3n) is 2.79. The molecule has 0 spiro atoms. The monoisotopic (exact) mass is 195 g/mol. The maximum Gasteiger partial charge on any atom is 0.224 e. The summed E-state index contributed by atoms with van der Waals surface area (Å²) in [6.07, 6.45) is 2.44. The van der Waals surface area contributed by atoms with Crippen molar-refractivity contribution in [2.24, 2.45) is 7.05 Å². The lowest BCUT2D eigenvalue weighted by Gasteiger charge is -2.21. The molecule has 0 aromatic carbocycles. The molecule has 0 aliphatic carbocycles. The summed E-state index contributed by atoms with van der Waals surface area (Å²) in [5.74, 6) is 2.44. The molecule has 0 radical (unpaired) electrons. The number of anilines is 1. The van der Waals surface area contributed by atoms with Crippen LogP contribution in [0.3, 0.4) is 0 Å². The van der Waals surface area contributed by atoms with Crippen molar-refractivity contribution in [2.45, 2.75) is 18.8 Å². The molecule has 14 heavy (non-hydrogen) atoms. The van der Waals surface area contributed by atoms with Gasteiger partial charge in [-0.15, -0.1) is 10.2 Å². The van der Waals surface area contributed by atoms with Crippen LogP contribution in [0, 0.1) is 0 Å². The average molecular weight is 195 g/mol. The highest BCUT2D eigenvalue weighted by Gasteiger charge is 2.20. The number of hydrogen-bond acceptors (Lipinski definition) is 4. The lowest BCUT2D eigenvalue weighted by atomic mass is 9.99. The highest BCUT2D eigenvalue weighted by atomic mass is 15.3. The third-order valence-corrected chi connectivity index (χ3v) is 2.79. The predicted molar refractivity (Wildman–Crippen MR) is 55.4 cm³/mol. The van der Waals surface area contributed by atoms with Gasteiger partial charge in [0.2, 0.25) is 5.95 Å². The molecule has 78 valence electrons. The summed E-state index contributed by atoms with van der Waals surface area (Å²) in [7, 11) is 3.88. The second-order valence-corrected chi connectivity index (χ2v) is 3.73. The number of piperidine rings is 1. The first-order chi connectivity index (χ1) is 6.83. The second kappa shape index (κ2) is 3.96. The zero-order valence-corrected chi connectivity index (χ0v) is 8.75. The summed E-state index contributed by atoms with van der Waals surface area (Å²) in [4.78, 5) is 0. The Morgan fingerprint density at radius 3 is 2.93 bits per heavy atom. The molecule has 1 fully saturated rings. The number of rotatable bonds is 2. The first kappa shape index (κ1) is 9.45.